The van der Waals surface area contributed by atoms with Gasteiger partial charge in [0.2, 0.25) is 22.0 Å². The molecule has 13 heteroatoms. The predicted molar refractivity (Wildman–Crippen MR) is 201 cm³/mol. The largest absolute Gasteiger partial charge is 3.00 e. The van der Waals surface area contributed by atoms with Gasteiger partial charge in [-0.3, -0.25) is 0 Å². The Labute approximate surface area is 316 Å². The van der Waals surface area contributed by atoms with Crippen LogP contribution in [-0.4, -0.2) is 9.97 Å². The van der Waals surface area contributed by atoms with Crippen molar-refractivity contribution in [1.29, 1.82) is 0 Å². The van der Waals surface area contributed by atoms with Crippen molar-refractivity contribution in [2.24, 2.45) is 28.2 Å². The topological polar surface area (TPSA) is 69.5 Å². The molecule has 0 aliphatic carbocycles. The molecule has 0 radical (unpaired) electrons. The van der Waals surface area contributed by atoms with Crippen LogP contribution >= 0.6 is 45.3 Å². The van der Waals surface area contributed by atoms with Crippen molar-refractivity contribution in [1.82, 2.24) is 19.9 Å². The average molecular weight is 772 g/mol. The number of nitrogens with zero attached hydrogens (tertiary/aromatic N) is 8. The second-order valence-corrected chi connectivity index (χ2v) is 15.4. The zero-order valence-electron chi connectivity index (χ0n) is 26.8. The number of rotatable bonds is 4. The smallest absolute Gasteiger partial charge is 0.657 e. The van der Waals surface area contributed by atoms with E-state index in [1.165, 1.54) is 0 Å². The predicted octanol–water partition coefficient (Wildman–Crippen LogP) is 6.76. The van der Waals surface area contributed by atoms with Crippen LogP contribution in [0.3, 0.4) is 0 Å². The Bertz CT molecular complexity index is 2290. The summed E-state index contributed by atoms with van der Waals surface area (Å²) in [5.74, 6) is 0. The summed E-state index contributed by atoms with van der Waals surface area (Å²) >= 11 is 6.75. The Morgan fingerprint density at radius 3 is 0.880 bits per heavy atom. The van der Waals surface area contributed by atoms with Crippen molar-refractivity contribution in [2.75, 3.05) is 0 Å². The maximum atomic E-state index is 5.33. The van der Waals surface area contributed by atoms with Gasteiger partial charge in [0.15, 0.2) is 24.8 Å². The molecular weight excluding hydrogens is 740 g/mol. The minimum absolute atomic E-state index is 0. The molecular formula is C37H32MnN8S4+5. The van der Waals surface area contributed by atoms with Gasteiger partial charge in [-0.1, -0.05) is 77.0 Å². The van der Waals surface area contributed by atoms with Gasteiger partial charge in [0, 0.05) is 22.3 Å². The normalized spacial score (nSPS) is 11.9. The molecule has 8 bridgehead atoms. The van der Waals surface area contributed by atoms with E-state index in [4.69, 9.17) is 19.9 Å². The molecule has 2 aliphatic heterocycles. The van der Waals surface area contributed by atoms with Gasteiger partial charge in [-0.2, -0.15) is 18.3 Å². The second-order valence-electron chi connectivity index (χ2n) is 11.9. The van der Waals surface area contributed by atoms with E-state index in [1.54, 1.807) is 45.3 Å². The van der Waals surface area contributed by atoms with Crippen molar-refractivity contribution in [3.8, 4) is 41.8 Å². The standard InChI is InChI=1S/C36H28N8S4.CH4.Mn/c1-41-13-29(45-17-41)33-21-5-7-23(37-21)34(30-14-42(2)18-46-30)25-9-11-27(39-25)36(32-16-44(4)20-48-32)28-12-10-26(40-28)35(24-8-6-22(33)38-24)31-15-43(3)19-47-31;;/h5-20H,1-4H3;1H4;/q+2;;+3. The van der Waals surface area contributed by atoms with Crippen LogP contribution in [0.4, 0.5) is 0 Å². The van der Waals surface area contributed by atoms with Gasteiger partial charge in [0.1, 0.15) is 47.7 Å². The molecule has 0 unspecified atom stereocenters. The van der Waals surface area contributed by atoms with E-state index >= 15 is 0 Å². The number of fused-ring (bicyclic) bond motifs is 8. The van der Waals surface area contributed by atoms with Crippen LogP contribution in [-0.2, 0) is 45.3 Å². The fraction of sp³-hybridized carbons (Fsp3) is 0.135. The number of hydrogen-bond acceptors (Lipinski definition) is 6. The zero-order valence-corrected chi connectivity index (χ0v) is 31.3. The van der Waals surface area contributed by atoms with E-state index in [0.29, 0.717) is 0 Å². The van der Waals surface area contributed by atoms with Gasteiger partial charge in [0.05, 0.1) is 22.8 Å². The molecule has 7 aromatic heterocycles. The van der Waals surface area contributed by atoms with Crippen LogP contribution in [0, 0.1) is 0 Å². The molecule has 0 amide bonds. The van der Waals surface area contributed by atoms with Crippen LogP contribution in [0.1, 0.15) is 30.2 Å². The third-order valence-electron chi connectivity index (χ3n) is 8.26. The van der Waals surface area contributed by atoms with Crippen LogP contribution < -0.4 is 28.2 Å². The number of hydrogen-bond donors (Lipinski definition) is 0. The van der Waals surface area contributed by atoms with Gasteiger partial charge >= 0.3 is 17.1 Å². The first-order valence-corrected chi connectivity index (χ1v) is 18.7. The number of thiazole rings is 4. The first kappa shape index (κ1) is 34.1. The second kappa shape index (κ2) is 13.4. The molecule has 0 aromatic carbocycles. The van der Waals surface area contributed by atoms with E-state index in [1.807, 2.05) is 28.2 Å². The zero-order chi connectivity index (χ0) is 32.5. The Morgan fingerprint density at radius 2 is 0.680 bits per heavy atom. The molecule has 246 valence electrons. The molecule has 9 rings (SSSR count). The van der Waals surface area contributed by atoms with E-state index in [-0.39, 0.29) is 24.5 Å². The summed E-state index contributed by atoms with van der Waals surface area (Å²) in [4.78, 5) is 25.7. The van der Waals surface area contributed by atoms with Crippen molar-refractivity contribution >= 4 is 91.7 Å². The summed E-state index contributed by atoms with van der Waals surface area (Å²) in [6, 6.07) is 8.47. The Kier molecular flexibility index (Phi) is 9.14. The minimum Gasteiger partial charge on any atom is -0.657 e. The summed E-state index contributed by atoms with van der Waals surface area (Å²) in [5.41, 5.74) is 19.5. The Hall–Kier alpha value is -4.36. The molecule has 0 saturated heterocycles. The van der Waals surface area contributed by atoms with Gasteiger partial charge in [-0.15, -0.1) is 22.1 Å². The number of aromatic nitrogens is 8. The molecule has 0 N–H and O–H groups in total. The first-order valence-electron chi connectivity index (χ1n) is 15.2. The summed E-state index contributed by atoms with van der Waals surface area (Å²) in [6.45, 7) is 0. The minimum atomic E-state index is 0. The maximum absolute atomic E-state index is 5.33. The van der Waals surface area contributed by atoms with Crippen molar-refractivity contribution in [3.63, 3.8) is 0 Å². The third-order valence-corrected chi connectivity index (χ3v) is 12.3. The maximum Gasteiger partial charge on any atom is 3.00 e. The van der Waals surface area contributed by atoms with Crippen molar-refractivity contribution in [2.45, 2.75) is 7.43 Å². The molecule has 9 heterocycles. The molecule has 7 aromatic rings. The van der Waals surface area contributed by atoms with Crippen molar-refractivity contribution < 1.29 is 35.3 Å². The third kappa shape index (κ3) is 5.93. The summed E-state index contributed by atoms with van der Waals surface area (Å²) in [7, 11) is 8.20. The van der Waals surface area contributed by atoms with Gasteiger partial charge in [-0.05, 0) is 24.3 Å². The van der Waals surface area contributed by atoms with Crippen molar-refractivity contribution in [3.05, 3.63) is 93.9 Å². The molecule has 0 saturated carbocycles. The Balaban J connectivity index is 0.00000196. The fourth-order valence-corrected chi connectivity index (χ4v) is 9.71. The summed E-state index contributed by atoms with van der Waals surface area (Å²) in [5, 5.41) is 0. The van der Waals surface area contributed by atoms with E-state index in [9.17, 15) is 0 Å². The van der Waals surface area contributed by atoms with E-state index in [0.717, 1.165) is 86.6 Å². The van der Waals surface area contributed by atoms with Crippen LogP contribution in [0.5, 0.6) is 0 Å². The Morgan fingerprint density at radius 1 is 0.440 bits per heavy atom. The summed E-state index contributed by atoms with van der Waals surface area (Å²) < 4.78 is 8.33. The molecule has 50 heavy (non-hydrogen) atoms. The molecule has 8 nitrogen and oxygen atoms in total. The number of aryl methyl sites for hydroxylation is 4. The molecule has 0 spiro atoms. The van der Waals surface area contributed by atoms with Crippen LogP contribution in [0.15, 0.2) is 71.1 Å². The summed E-state index contributed by atoms with van der Waals surface area (Å²) in [6.07, 6.45) is 17.1. The quantitative estimate of drug-likeness (QED) is 0.147. The molecule has 0 atom stereocenters. The monoisotopic (exact) mass is 771 g/mol. The average Bonchev–Trinajstić information content (AvgIpc) is 3.89. The SMILES string of the molecule is C.C[n+]1csc(-c2c3nc(c(-c4c[n+](C)cs4)c4ccc([n-]4)c(-c4c[n+](C)cs4)c4nc(c(-c5c[n+](C)cs5)c5ccc2[n-]5)C=C4)C=C3)c1.[Mn+3]. The van der Waals surface area contributed by atoms with Gasteiger partial charge in [-0.25, -0.2) is 9.97 Å². The van der Waals surface area contributed by atoms with E-state index in [2.05, 4.69) is 114 Å². The van der Waals surface area contributed by atoms with Gasteiger partial charge in [0.25, 0.3) is 0 Å². The van der Waals surface area contributed by atoms with Gasteiger partial charge < -0.3 is 9.97 Å². The molecule has 2 aliphatic rings. The van der Waals surface area contributed by atoms with Crippen LogP contribution in [0.2, 0.25) is 0 Å². The first-order chi connectivity index (χ1) is 23.4. The van der Waals surface area contributed by atoms with E-state index < -0.39 is 0 Å². The molecule has 0 fully saturated rings. The fourth-order valence-electron chi connectivity index (χ4n) is 6.13. The van der Waals surface area contributed by atoms with Crippen LogP contribution in [0.25, 0.3) is 88.1 Å².